The summed E-state index contributed by atoms with van der Waals surface area (Å²) < 4.78 is 13.5. The number of nitrogens with one attached hydrogen (secondary N) is 1. The number of hydrogen-bond acceptors (Lipinski definition) is 2. The number of anilines is 1. The zero-order valence-corrected chi connectivity index (χ0v) is 14.1. The molecule has 130 valence electrons. The van der Waals surface area contributed by atoms with Gasteiger partial charge in [0.05, 0.1) is 0 Å². The molecular formula is C21H17FN2O2. The highest BCUT2D eigenvalue weighted by Crippen LogP contribution is 2.31. The van der Waals surface area contributed by atoms with Crippen LogP contribution in [-0.2, 0) is 0 Å². The molecule has 0 heterocycles. The highest BCUT2D eigenvalue weighted by Gasteiger charge is 2.20. The smallest absolute Gasteiger partial charge is 0.256 e. The number of carbonyl (C=O) groups is 2. The number of aryl methyl sites for hydroxylation is 1. The number of primary amides is 1. The van der Waals surface area contributed by atoms with E-state index in [1.165, 1.54) is 12.1 Å². The molecule has 0 saturated heterocycles. The summed E-state index contributed by atoms with van der Waals surface area (Å²) in [6, 6.07) is 17.9. The van der Waals surface area contributed by atoms with Gasteiger partial charge in [-0.05, 0) is 54.4 Å². The Kier molecular flexibility index (Phi) is 4.80. The third kappa shape index (κ3) is 3.47. The second kappa shape index (κ2) is 7.19. The zero-order valence-electron chi connectivity index (χ0n) is 14.1. The average molecular weight is 348 g/mol. The van der Waals surface area contributed by atoms with Crippen molar-refractivity contribution < 1.29 is 14.0 Å². The van der Waals surface area contributed by atoms with Gasteiger partial charge in [-0.2, -0.15) is 0 Å². The standard InChI is InChI=1S/C21H17FN2O2/c1-13-12-14(22)10-11-16(13)19-17(20(23)25)8-5-9-18(19)21(26)24-15-6-3-2-4-7-15/h2-12H,1H3,(H2,23,25)(H,24,26). The molecule has 0 aliphatic rings. The molecule has 0 unspecified atom stereocenters. The second-order valence-electron chi connectivity index (χ2n) is 5.87. The van der Waals surface area contributed by atoms with Gasteiger partial charge >= 0.3 is 0 Å². The molecule has 26 heavy (non-hydrogen) atoms. The van der Waals surface area contributed by atoms with Crippen molar-refractivity contribution in [2.24, 2.45) is 5.73 Å². The second-order valence-corrected chi connectivity index (χ2v) is 5.87. The van der Waals surface area contributed by atoms with Crippen molar-refractivity contribution in [2.45, 2.75) is 6.92 Å². The van der Waals surface area contributed by atoms with Crippen molar-refractivity contribution in [3.8, 4) is 11.1 Å². The fraction of sp³-hybridized carbons (Fsp3) is 0.0476. The van der Waals surface area contributed by atoms with Crippen LogP contribution in [0.2, 0.25) is 0 Å². The highest BCUT2D eigenvalue weighted by atomic mass is 19.1. The molecule has 0 aliphatic heterocycles. The molecule has 5 heteroatoms. The zero-order chi connectivity index (χ0) is 18.7. The normalized spacial score (nSPS) is 10.4. The summed E-state index contributed by atoms with van der Waals surface area (Å²) in [5.41, 5.74) is 8.22. The van der Waals surface area contributed by atoms with E-state index < -0.39 is 11.7 Å². The summed E-state index contributed by atoms with van der Waals surface area (Å²) in [4.78, 5) is 24.7. The van der Waals surface area contributed by atoms with Crippen LogP contribution in [0, 0.1) is 12.7 Å². The van der Waals surface area contributed by atoms with Gasteiger partial charge in [-0.1, -0.05) is 30.3 Å². The van der Waals surface area contributed by atoms with Gasteiger partial charge in [-0.25, -0.2) is 4.39 Å². The first-order chi connectivity index (χ1) is 12.5. The van der Waals surface area contributed by atoms with Crippen LogP contribution in [0.4, 0.5) is 10.1 Å². The lowest BCUT2D eigenvalue weighted by molar-refractivity contribution is 0.100. The molecule has 3 aromatic carbocycles. The first kappa shape index (κ1) is 17.4. The van der Waals surface area contributed by atoms with Gasteiger partial charge in [0.15, 0.2) is 0 Å². The Morgan fingerprint density at radius 1 is 0.923 bits per heavy atom. The Balaban J connectivity index is 2.15. The fourth-order valence-corrected chi connectivity index (χ4v) is 2.86. The number of halogens is 1. The first-order valence-corrected chi connectivity index (χ1v) is 8.03. The summed E-state index contributed by atoms with van der Waals surface area (Å²) in [6.45, 7) is 1.72. The summed E-state index contributed by atoms with van der Waals surface area (Å²) in [6.07, 6.45) is 0. The largest absolute Gasteiger partial charge is 0.366 e. The molecular weight excluding hydrogens is 331 g/mol. The van der Waals surface area contributed by atoms with Crippen molar-refractivity contribution in [1.82, 2.24) is 0 Å². The van der Waals surface area contributed by atoms with E-state index in [0.717, 1.165) is 0 Å². The summed E-state index contributed by atoms with van der Waals surface area (Å²) in [5.74, 6) is -1.42. The fourth-order valence-electron chi connectivity index (χ4n) is 2.86. The van der Waals surface area contributed by atoms with Gasteiger partial charge in [-0.3, -0.25) is 9.59 Å². The van der Waals surface area contributed by atoms with Crippen LogP contribution in [0.5, 0.6) is 0 Å². The molecule has 2 amide bonds. The lowest BCUT2D eigenvalue weighted by atomic mass is 9.90. The lowest BCUT2D eigenvalue weighted by Gasteiger charge is -2.15. The third-order valence-electron chi connectivity index (χ3n) is 4.06. The predicted octanol–water partition coefficient (Wildman–Crippen LogP) is 4.15. The van der Waals surface area contributed by atoms with Crippen LogP contribution in [0.25, 0.3) is 11.1 Å². The molecule has 0 saturated carbocycles. The van der Waals surface area contributed by atoms with Crippen LogP contribution in [0.15, 0.2) is 66.7 Å². The number of carbonyl (C=O) groups excluding carboxylic acids is 2. The number of benzene rings is 3. The molecule has 4 nitrogen and oxygen atoms in total. The maximum absolute atomic E-state index is 13.5. The van der Waals surface area contributed by atoms with Gasteiger partial charge in [0.25, 0.3) is 5.91 Å². The number of rotatable bonds is 4. The van der Waals surface area contributed by atoms with E-state index in [2.05, 4.69) is 5.32 Å². The van der Waals surface area contributed by atoms with Crippen LogP contribution >= 0.6 is 0 Å². The van der Waals surface area contributed by atoms with Crippen LogP contribution < -0.4 is 11.1 Å². The van der Waals surface area contributed by atoms with E-state index in [9.17, 15) is 14.0 Å². The van der Waals surface area contributed by atoms with Gasteiger partial charge in [-0.15, -0.1) is 0 Å². The SMILES string of the molecule is Cc1cc(F)ccc1-c1c(C(N)=O)cccc1C(=O)Nc1ccccc1. The minimum Gasteiger partial charge on any atom is -0.366 e. The van der Waals surface area contributed by atoms with Crippen molar-refractivity contribution in [2.75, 3.05) is 5.32 Å². The molecule has 3 N–H and O–H groups in total. The van der Waals surface area contributed by atoms with Gasteiger partial charge in [0.2, 0.25) is 5.91 Å². The highest BCUT2D eigenvalue weighted by molar-refractivity contribution is 6.13. The van der Waals surface area contributed by atoms with Crippen LogP contribution in [0.1, 0.15) is 26.3 Å². The van der Waals surface area contributed by atoms with E-state index >= 15 is 0 Å². The molecule has 0 radical (unpaired) electrons. The Hall–Kier alpha value is -3.47. The quantitative estimate of drug-likeness (QED) is 0.743. The minimum absolute atomic E-state index is 0.209. The van der Waals surface area contributed by atoms with E-state index in [4.69, 9.17) is 5.73 Å². The van der Waals surface area contributed by atoms with Crippen LogP contribution in [-0.4, -0.2) is 11.8 Å². The Labute approximate surface area is 150 Å². The molecule has 0 bridgehead atoms. The third-order valence-corrected chi connectivity index (χ3v) is 4.06. The molecule has 0 aliphatic carbocycles. The van der Waals surface area contributed by atoms with Crippen molar-refractivity contribution >= 4 is 17.5 Å². The number of hydrogen-bond donors (Lipinski definition) is 2. The molecule has 0 fully saturated rings. The average Bonchev–Trinajstić information content (AvgIpc) is 2.62. The molecule has 0 aromatic heterocycles. The van der Waals surface area contributed by atoms with Crippen LogP contribution in [0.3, 0.4) is 0 Å². The maximum Gasteiger partial charge on any atom is 0.256 e. The Bertz CT molecular complexity index is 985. The summed E-state index contributed by atoms with van der Waals surface area (Å²) in [5, 5.41) is 2.80. The molecule has 0 spiro atoms. The Morgan fingerprint density at radius 3 is 2.27 bits per heavy atom. The van der Waals surface area contributed by atoms with Gasteiger partial charge < -0.3 is 11.1 Å². The van der Waals surface area contributed by atoms with E-state index in [0.29, 0.717) is 27.9 Å². The van der Waals surface area contributed by atoms with E-state index in [1.807, 2.05) is 6.07 Å². The van der Waals surface area contributed by atoms with Gasteiger partial charge in [0.1, 0.15) is 5.82 Å². The first-order valence-electron chi connectivity index (χ1n) is 8.03. The maximum atomic E-state index is 13.5. The minimum atomic E-state index is -0.655. The topological polar surface area (TPSA) is 72.2 Å². The summed E-state index contributed by atoms with van der Waals surface area (Å²) >= 11 is 0. The van der Waals surface area contributed by atoms with Gasteiger partial charge in [0, 0.05) is 22.4 Å². The Morgan fingerprint density at radius 2 is 1.62 bits per heavy atom. The monoisotopic (exact) mass is 348 g/mol. The number of para-hydroxylation sites is 1. The predicted molar refractivity (Wildman–Crippen MR) is 99.5 cm³/mol. The number of amides is 2. The molecule has 3 aromatic rings. The lowest BCUT2D eigenvalue weighted by Crippen LogP contribution is -2.18. The van der Waals surface area contributed by atoms with E-state index in [-0.39, 0.29) is 11.5 Å². The summed E-state index contributed by atoms with van der Waals surface area (Å²) in [7, 11) is 0. The molecule has 3 rings (SSSR count). The molecule has 0 atom stereocenters. The van der Waals surface area contributed by atoms with E-state index in [1.54, 1.807) is 55.5 Å². The van der Waals surface area contributed by atoms with Crippen molar-refractivity contribution in [3.63, 3.8) is 0 Å². The van der Waals surface area contributed by atoms with Crippen molar-refractivity contribution in [3.05, 3.63) is 89.2 Å². The number of nitrogens with two attached hydrogens (primary N) is 1. The van der Waals surface area contributed by atoms with Crippen molar-refractivity contribution in [1.29, 1.82) is 0 Å².